The van der Waals surface area contributed by atoms with Crippen LogP contribution in [0.3, 0.4) is 0 Å². The average molecular weight is 406 g/mol. The number of piperidine rings is 2. The van der Waals surface area contributed by atoms with Gasteiger partial charge in [0.25, 0.3) is 0 Å². The Labute approximate surface area is 174 Å². The largest absolute Gasteiger partial charge is 0.444 e. The van der Waals surface area contributed by atoms with Gasteiger partial charge in [-0.05, 0) is 76.6 Å². The highest BCUT2D eigenvalue weighted by Crippen LogP contribution is 2.25. The minimum atomic E-state index is -0.480. The summed E-state index contributed by atoms with van der Waals surface area (Å²) in [5.41, 5.74) is 7.14. The molecule has 1 aromatic rings. The molecule has 0 radical (unpaired) electrons. The second kappa shape index (κ2) is 9.43. The molecule has 2 N–H and O–H groups in total. The van der Waals surface area contributed by atoms with Crippen LogP contribution in [0, 0.1) is 17.7 Å². The number of ether oxygens (including phenoxy) is 1. The van der Waals surface area contributed by atoms with Crippen LogP contribution in [0.5, 0.6) is 0 Å². The van der Waals surface area contributed by atoms with Gasteiger partial charge in [0, 0.05) is 38.1 Å². The Hall–Kier alpha value is -1.66. The SMILES string of the molecule is CC(C)(C)OC(=O)N1CC[C@H](N)[C@H](CN2CCC[C@@H](Cc3ccc(F)cc3)C2)C1. The quantitative estimate of drug-likeness (QED) is 0.830. The van der Waals surface area contributed by atoms with E-state index >= 15 is 0 Å². The molecule has 2 aliphatic rings. The lowest BCUT2D eigenvalue weighted by atomic mass is 9.88. The first kappa shape index (κ1) is 22.0. The molecule has 162 valence electrons. The van der Waals surface area contributed by atoms with Gasteiger partial charge < -0.3 is 20.3 Å². The van der Waals surface area contributed by atoms with Gasteiger partial charge in [-0.1, -0.05) is 12.1 Å². The summed E-state index contributed by atoms with van der Waals surface area (Å²) in [5.74, 6) is 0.664. The van der Waals surface area contributed by atoms with Gasteiger partial charge in [-0.15, -0.1) is 0 Å². The molecule has 1 aromatic carbocycles. The predicted octanol–water partition coefficient (Wildman–Crippen LogP) is 3.66. The molecule has 29 heavy (non-hydrogen) atoms. The third-order valence-corrected chi connectivity index (χ3v) is 5.98. The van der Waals surface area contributed by atoms with Gasteiger partial charge in [-0.3, -0.25) is 0 Å². The Kier molecular flexibility index (Phi) is 7.17. The Morgan fingerprint density at radius 2 is 1.90 bits per heavy atom. The predicted molar refractivity (Wildman–Crippen MR) is 113 cm³/mol. The number of nitrogens with two attached hydrogens (primary N) is 1. The summed E-state index contributed by atoms with van der Waals surface area (Å²) >= 11 is 0. The molecule has 1 amide bonds. The van der Waals surface area contributed by atoms with Crippen LogP contribution in [-0.4, -0.2) is 60.3 Å². The summed E-state index contributed by atoms with van der Waals surface area (Å²) < 4.78 is 18.7. The molecule has 0 aliphatic carbocycles. The van der Waals surface area contributed by atoms with Crippen LogP contribution in [0.1, 0.15) is 45.6 Å². The lowest BCUT2D eigenvalue weighted by Crippen LogP contribution is -2.54. The smallest absolute Gasteiger partial charge is 0.410 e. The number of amides is 1. The van der Waals surface area contributed by atoms with E-state index in [1.807, 2.05) is 37.8 Å². The van der Waals surface area contributed by atoms with Crippen molar-refractivity contribution < 1.29 is 13.9 Å². The molecular formula is C23H36FN3O2. The molecule has 2 fully saturated rings. The molecule has 5 nitrogen and oxygen atoms in total. The van der Waals surface area contributed by atoms with Gasteiger partial charge in [-0.25, -0.2) is 9.18 Å². The fraction of sp³-hybridized carbons (Fsp3) is 0.696. The van der Waals surface area contributed by atoms with E-state index in [0.717, 1.165) is 32.5 Å². The lowest BCUT2D eigenvalue weighted by molar-refractivity contribution is 0.0109. The molecule has 3 rings (SSSR count). The zero-order valence-electron chi connectivity index (χ0n) is 18.1. The van der Waals surface area contributed by atoms with Gasteiger partial charge in [-0.2, -0.15) is 0 Å². The normalized spacial score (nSPS) is 26.4. The van der Waals surface area contributed by atoms with Gasteiger partial charge in [0.1, 0.15) is 11.4 Å². The molecule has 0 bridgehead atoms. The monoisotopic (exact) mass is 405 g/mol. The molecule has 0 spiro atoms. The van der Waals surface area contributed by atoms with E-state index in [4.69, 9.17) is 10.5 Å². The van der Waals surface area contributed by atoms with Crippen LogP contribution < -0.4 is 5.73 Å². The fourth-order valence-corrected chi connectivity index (χ4v) is 4.50. The number of halogens is 1. The summed E-state index contributed by atoms with van der Waals surface area (Å²) in [4.78, 5) is 16.8. The van der Waals surface area contributed by atoms with Gasteiger partial charge in [0.15, 0.2) is 0 Å². The van der Waals surface area contributed by atoms with E-state index in [-0.39, 0.29) is 23.9 Å². The Bertz CT molecular complexity index is 674. The summed E-state index contributed by atoms with van der Waals surface area (Å²) in [6, 6.07) is 6.99. The summed E-state index contributed by atoms with van der Waals surface area (Å²) in [7, 11) is 0. The molecule has 2 heterocycles. The highest BCUT2D eigenvalue weighted by atomic mass is 19.1. The van der Waals surface area contributed by atoms with Gasteiger partial charge in [0.05, 0.1) is 0 Å². The third-order valence-electron chi connectivity index (χ3n) is 5.98. The number of carbonyl (C=O) groups excluding carboxylic acids is 1. The average Bonchev–Trinajstić information content (AvgIpc) is 2.64. The number of hydrogen-bond donors (Lipinski definition) is 1. The maximum Gasteiger partial charge on any atom is 0.410 e. The first-order valence-corrected chi connectivity index (χ1v) is 10.9. The van der Waals surface area contributed by atoms with Crippen molar-refractivity contribution in [1.82, 2.24) is 9.80 Å². The lowest BCUT2D eigenvalue weighted by Gasteiger charge is -2.41. The van der Waals surface area contributed by atoms with E-state index in [9.17, 15) is 9.18 Å². The van der Waals surface area contributed by atoms with E-state index in [2.05, 4.69) is 4.90 Å². The summed E-state index contributed by atoms with van der Waals surface area (Å²) in [6.45, 7) is 10.0. The number of nitrogens with zero attached hydrogens (tertiary/aromatic N) is 2. The van der Waals surface area contributed by atoms with Crippen molar-refractivity contribution in [3.63, 3.8) is 0 Å². The number of carbonyl (C=O) groups is 1. The van der Waals surface area contributed by atoms with Crippen molar-refractivity contribution in [3.8, 4) is 0 Å². The van der Waals surface area contributed by atoms with Crippen LogP contribution >= 0.6 is 0 Å². The molecule has 6 heteroatoms. The first-order valence-electron chi connectivity index (χ1n) is 10.9. The summed E-state index contributed by atoms with van der Waals surface area (Å²) in [5, 5.41) is 0. The topological polar surface area (TPSA) is 58.8 Å². The molecule has 0 unspecified atom stereocenters. The maximum atomic E-state index is 13.1. The standard InChI is InChI=1S/C23H36FN3O2/c1-23(2,3)29-22(28)27-12-10-21(25)19(16-27)15-26-11-4-5-18(14-26)13-17-6-8-20(24)9-7-17/h6-9,18-19,21H,4-5,10-16,25H2,1-3H3/t18-,19+,21-/m0/s1. The van der Waals surface area contributed by atoms with Crippen LogP contribution in [0.4, 0.5) is 9.18 Å². The Morgan fingerprint density at radius 3 is 2.59 bits per heavy atom. The molecule has 0 saturated carbocycles. The number of benzene rings is 1. The molecular weight excluding hydrogens is 369 g/mol. The molecule has 0 aromatic heterocycles. The fourth-order valence-electron chi connectivity index (χ4n) is 4.50. The minimum Gasteiger partial charge on any atom is -0.444 e. The van der Waals surface area contributed by atoms with Crippen molar-refractivity contribution in [1.29, 1.82) is 0 Å². The third kappa shape index (κ3) is 6.68. The highest BCUT2D eigenvalue weighted by molar-refractivity contribution is 5.68. The maximum absolute atomic E-state index is 13.1. The van der Waals surface area contributed by atoms with Crippen LogP contribution in [-0.2, 0) is 11.2 Å². The van der Waals surface area contributed by atoms with E-state index in [0.29, 0.717) is 19.0 Å². The van der Waals surface area contributed by atoms with Crippen LogP contribution in [0.25, 0.3) is 0 Å². The Balaban J connectivity index is 1.53. The number of rotatable bonds is 4. The molecule has 2 aliphatic heterocycles. The van der Waals surface area contributed by atoms with E-state index in [1.54, 1.807) is 12.1 Å². The minimum absolute atomic E-state index is 0.117. The highest BCUT2D eigenvalue weighted by Gasteiger charge is 2.33. The van der Waals surface area contributed by atoms with Crippen molar-refractivity contribution in [2.75, 3.05) is 32.7 Å². The van der Waals surface area contributed by atoms with Gasteiger partial charge in [0.2, 0.25) is 0 Å². The second-order valence-electron chi connectivity index (χ2n) is 9.74. The Morgan fingerprint density at radius 1 is 1.17 bits per heavy atom. The van der Waals surface area contributed by atoms with Crippen LogP contribution in [0.2, 0.25) is 0 Å². The number of hydrogen-bond acceptors (Lipinski definition) is 4. The molecule has 2 saturated heterocycles. The van der Waals surface area contributed by atoms with Gasteiger partial charge >= 0.3 is 6.09 Å². The molecule has 3 atom stereocenters. The van der Waals surface area contributed by atoms with E-state index < -0.39 is 5.60 Å². The zero-order valence-corrected chi connectivity index (χ0v) is 18.1. The van der Waals surface area contributed by atoms with Crippen LogP contribution in [0.15, 0.2) is 24.3 Å². The van der Waals surface area contributed by atoms with Crippen molar-refractivity contribution in [2.24, 2.45) is 17.6 Å². The van der Waals surface area contributed by atoms with Crippen molar-refractivity contribution in [3.05, 3.63) is 35.6 Å². The van der Waals surface area contributed by atoms with Crippen molar-refractivity contribution >= 4 is 6.09 Å². The van der Waals surface area contributed by atoms with E-state index in [1.165, 1.54) is 18.4 Å². The second-order valence-corrected chi connectivity index (χ2v) is 9.74. The van der Waals surface area contributed by atoms with Crippen molar-refractivity contribution in [2.45, 2.75) is 58.1 Å². The zero-order chi connectivity index (χ0) is 21.0. The first-order chi connectivity index (χ1) is 13.7. The number of likely N-dealkylation sites (tertiary alicyclic amines) is 2. The summed E-state index contributed by atoms with van der Waals surface area (Å²) in [6.07, 6.45) is 3.94.